The Hall–Kier alpha value is -6.58. The molecule has 8 aromatic rings. The monoisotopic (exact) mass is 684 g/mol. The molecule has 0 aromatic heterocycles. The molecule has 0 unspecified atom stereocenters. The summed E-state index contributed by atoms with van der Waals surface area (Å²) in [5.41, 5.74) is 21.4. The minimum Gasteiger partial charge on any atom is -0.486 e. The lowest BCUT2D eigenvalue weighted by Gasteiger charge is -2.28. The molecule has 8 aromatic carbocycles. The van der Waals surface area contributed by atoms with Crippen LogP contribution < -0.4 is 15.4 Å². The van der Waals surface area contributed by atoms with Crippen molar-refractivity contribution in [3.8, 4) is 39.1 Å². The van der Waals surface area contributed by atoms with Crippen LogP contribution in [-0.2, 0) is 12.0 Å². The topological polar surface area (TPSA) is 38.5 Å². The highest BCUT2D eigenvalue weighted by Gasteiger charge is 2.35. The fourth-order valence-electron chi connectivity index (χ4n) is 7.94. The molecular weight excluding hydrogens is 645 g/mol. The summed E-state index contributed by atoms with van der Waals surface area (Å²) in [7, 11) is 0. The smallest absolute Gasteiger partial charge is 0.150 e. The number of nitrogens with two attached hydrogens (primary N) is 1. The van der Waals surface area contributed by atoms with Gasteiger partial charge in [0.05, 0.1) is 5.69 Å². The summed E-state index contributed by atoms with van der Waals surface area (Å²) in [5, 5.41) is 2.09. The molecule has 53 heavy (non-hydrogen) atoms. The number of nitrogen functional groups attached to an aromatic ring is 1. The molecule has 0 saturated carbocycles. The first-order valence-corrected chi connectivity index (χ1v) is 18.2. The number of anilines is 4. The third-order valence-corrected chi connectivity index (χ3v) is 10.7. The lowest BCUT2D eigenvalue weighted by molar-refractivity contribution is 0.312. The van der Waals surface area contributed by atoms with E-state index in [9.17, 15) is 0 Å². The first-order valence-electron chi connectivity index (χ1n) is 18.2. The molecule has 0 amide bonds. The summed E-state index contributed by atoms with van der Waals surface area (Å²) in [6.07, 6.45) is 0. The first-order chi connectivity index (χ1) is 25.9. The zero-order valence-corrected chi connectivity index (χ0v) is 30.0. The molecule has 1 aliphatic carbocycles. The summed E-state index contributed by atoms with van der Waals surface area (Å²) in [6.45, 7) is 5.13. The summed E-state index contributed by atoms with van der Waals surface area (Å²) < 4.78 is 6.27. The molecule has 0 radical (unpaired) electrons. The van der Waals surface area contributed by atoms with Crippen molar-refractivity contribution in [1.82, 2.24) is 0 Å². The maximum atomic E-state index is 6.42. The number of ether oxygens (including phenoxy) is 1. The molecular formula is C50H40N2O. The fraction of sp³-hybridized carbons (Fsp3) is 0.0800. The highest BCUT2D eigenvalue weighted by atomic mass is 16.5. The molecule has 0 saturated heterocycles. The summed E-state index contributed by atoms with van der Waals surface area (Å²) >= 11 is 0. The lowest BCUT2D eigenvalue weighted by atomic mass is 9.82. The molecule has 3 heteroatoms. The van der Waals surface area contributed by atoms with Crippen molar-refractivity contribution >= 4 is 33.5 Å². The summed E-state index contributed by atoms with van der Waals surface area (Å²) in [6, 6.07) is 64.9. The second-order valence-corrected chi connectivity index (χ2v) is 14.4. The molecule has 3 nitrogen and oxygen atoms in total. The van der Waals surface area contributed by atoms with E-state index < -0.39 is 0 Å². The Labute approximate surface area is 311 Å². The van der Waals surface area contributed by atoms with Crippen LogP contribution in [-0.4, -0.2) is 0 Å². The van der Waals surface area contributed by atoms with Crippen LogP contribution in [0.1, 0.15) is 30.5 Å². The van der Waals surface area contributed by atoms with Crippen LogP contribution in [0.5, 0.6) is 5.75 Å². The van der Waals surface area contributed by atoms with E-state index in [4.69, 9.17) is 10.5 Å². The van der Waals surface area contributed by atoms with Crippen molar-refractivity contribution in [3.63, 3.8) is 0 Å². The third-order valence-electron chi connectivity index (χ3n) is 10.7. The zero-order chi connectivity index (χ0) is 35.9. The number of rotatable bonds is 8. The number of benzene rings is 8. The second-order valence-electron chi connectivity index (χ2n) is 14.4. The van der Waals surface area contributed by atoms with Crippen molar-refractivity contribution in [2.45, 2.75) is 25.9 Å². The molecule has 2 N–H and O–H groups in total. The predicted octanol–water partition coefficient (Wildman–Crippen LogP) is 13.1. The number of hydrogen-bond donors (Lipinski definition) is 1. The standard InChI is InChI=1S/C50H40N2O/c1-50(2)46-19-10-9-18-44(46)45-32-42(26-28-47(45)50)52(41-17-11-16-37(31-41)35-14-7-4-8-15-35)40-24-20-36(21-25-40)38-22-27-43-39(30-38)23-29-48(51)49(43)53-33-34-12-5-3-6-13-34/h3-32H,33,51H2,1-2H3. The highest BCUT2D eigenvalue weighted by molar-refractivity contribution is 5.96. The molecule has 0 heterocycles. The molecule has 0 aliphatic heterocycles. The molecule has 0 fully saturated rings. The van der Waals surface area contributed by atoms with Crippen molar-refractivity contribution in [2.75, 3.05) is 10.6 Å². The first kappa shape index (κ1) is 32.3. The van der Waals surface area contributed by atoms with Crippen LogP contribution in [0.4, 0.5) is 22.7 Å². The van der Waals surface area contributed by atoms with Crippen molar-refractivity contribution in [3.05, 3.63) is 199 Å². The van der Waals surface area contributed by atoms with Crippen LogP contribution in [0.2, 0.25) is 0 Å². The van der Waals surface area contributed by atoms with Crippen LogP contribution in [0.15, 0.2) is 182 Å². The molecule has 9 rings (SSSR count). The largest absolute Gasteiger partial charge is 0.486 e. The van der Waals surface area contributed by atoms with E-state index in [0.29, 0.717) is 12.3 Å². The number of hydrogen-bond acceptors (Lipinski definition) is 3. The fourth-order valence-corrected chi connectivity index (χ4v) is 7.94. The van der Waals surface area contributed by atoms with Gasteiger partial charge in [0.1, 0.15) is 6.61 Å². The average Bonchev–Trinajstić information content (AvgIpc) is 3.44. The molecule has 0 spiro atoms. The van der Waals surface area contributed by atoms with E-state index in [1.54, 1.807) is 0 Å². The van der Waals surface area contributed by atoms with Crippen molar-refractivity contribution in [2.24, 2.45) is 0 Å². The number of fused-ring (bicyclic) bond motifs is 4. The lowest BCUT2D eigenvalue weighted by Crippen LogP contribution is -2.15. The normalized spacial score (nSPS) is 12.6. The van der Waals surface area contributed by atoms with Gasteiger partial charge in [0.25, 0.3) is 0 Å². The predicted molar refractivity (Wildman–Crippen MR) is 222 cm³/mol. The Bertz CT molecular complexity index is 2590. The molecule has 256 valence electrons. The van der Waals surface area contributed by atoms with Gasteiger partial charge in [0.2, 0.25) is 0 Å². The minimum absolute atomic E-state index is 0.0511. The minimum atomic E-state index is -0.0511. The second kappa shape index (κ2) is 13.2. The van der Waals surface area contributed by atoms with E-state index >= 15 is 0 Å². The van der Waals surface area contributed by atoms with Gasteiger partial charge in [-0.25, -0.2) is 0 Å². The van der Waals surface area contributed by atoms with Gasteiger partial charge in [-0.05, 0) is 110 Å². The zero-order valence-electron chi connectivity index (χ0n) is 30.0. The van der Waals surface area contributed by atoms with Crippen LogP contribution in [0.3, 0.4) is 0 Å². The average molecular weight is 685 g/mol. The molecule has 0 atom stereocenters. The van der Waals surface area contributed by atoms with E-state index in [1.807, 2.05) is 24.3 Å². The number of nitrogens with zero attached hydrogens (tertiary/aromatic N) is 1. The van der Waals surface area contributed by atoms with E-state index in [0.717, 1.165) is 50.3 Å². The van der Waals surface area contributed by atoms with Crippen molar-refractivity contribution in [1.29, 1.82) is 0 Å². The van der Waals surface area contributed by atoms with Gasteiger partial charge in [-0.3, -0.25) is 0 Å². The quantitative estimate of drug-likeness (QED) is 0.162. The maximum Gasteiger partial charge on any atom is 0.150 e. The van der Waals surface area contributed by atoms with Gasteiger partial charge in [-0.2, -0.15) is 0 Å². The third kappa shape index (κ3) is 5.91. The SMILES string of the molecule is CC1(C)c2ccccc2-c2cc(N(c3ccc(-c4ccc5c(OCc6ccccc6)c(N)ccc5c4)cc3)c3cccc(-c4ccccc4)c3)ccc21. The van der Waals surface area contributed by atoms with E-state index in [2.05, 4.69) is 176 Å². The van der Waals surface area contributed by atoms with Crippen LogP contribution in [0.25, 0.3) is 44.2 Å². The summed E-state index contributed by atoms with van der Waals surface area (Å²) in [5.74, 6) is 0.724. The van der Waals surface area contributed by atoms with Crippen molar-refractivity contribution < 1.29 is 4.74 Å². The van der Waals surface area contributed by atoms with E-state index in [1.165, 1.54) is 33.4 Å². The van der Waals surface area contributed by atoms with Crippen LogP contribution >= 0.6 is 0 Å². The molecule has 1 aliphatic rings. The molecule has 0 bridgehead atoms. The Morgan fingerprint density at radius 3 is 1.92 bits per heavy atom. The van der Waals surface area contributed by atoms with Gasteiger partial charge < -0.3 is 15.4 Å². The van der Waals surface area contributed by atoms with Gasteiger partial charge in [-0.15, -0.1) is 0 Å². The Morgan fingerprint density at radius 1 is 0.491 bits per heavy atom. The summed E-state index contributed by atoms with van der Waals surface area (Å²) in [4.78, 5) is 2.38. The van der Waals surface area contributed by atoms with Gasteiger partial charge in [0, 0.05) is 27.9 Å². The maximum absolute atomic E-state index is 6.42. The Morgan fingerprint density at radius 2 is 1.11 bits per heavy atom. The Balaban J connectivity index is 1.10. The van der Waals surface area contributed by atoms with Gasteiger partial charge in [-0.1, -0.05) is 141 Å². The van der Waals surface area contributed by atoms with Crippen LogP contribution in [0, 0.1) is 0 Å². The van der Waals surface area contributed by atoms with Gasteiger partial charge in [0.15, 0.2) is 5.75 Å². The Kier molecular flexibility index (Phi) is 8.05. The van der Waals surface area contributed by atoms with E-state index in [-0.39, 0.29) is 5.41 Å². The van der Waals surface area contributed by atoms with Gasteiger partial charge >= 0.3 is 0 Å². The highest BCUT2D eigenvalue weighted by Crippen LogP contribution is 2.50.